The van der Waals surface area contributed by atoms with Crippen molar-refractivity contribution in [3.8, 4) is 0 Å². The molecule has 2 nitrogen and oxygen atoms in total. The molecule has 17 heavy (non-hydrogen) atoms. The largest absolute Gasteiger partial charge is 0.335 e. The number of aryl methyl sites for hydroxylation is 2. The van der Waals surface area contributed by atoms with Gasteiger partial charge in [-0.05, 0) is 25.3 Å². The predicted octanol–water partition coefficient (Wildman–Crippen LogP) is 2.72. The van der Waals surface area contributed by atoms with Crippen LogP contribution in [-0.2, 0) is 11.2 Å². The Kier molecular flexibility index (Phi) is 3.97. The average molecular weight is 229 g/mol. The molecule has 0 aromatic heterocycles. The van der Waals surface area contributed by atoms with E-state index in [-0.39, 0.29) is 5.91 Å². The number of amides is 1. The molecule has 0 aliphatic carbocycles. The Bertz CT molecular complexity index is 397. The van der Waals surface area contributed by atoms with Crippen LogP contribution in [0.2, 0.25) is 0 Å². The maximum absolute atomic E-state index is 11.8. The Labute approximate surface area is 103 Å². The summed E-state index contributed by atoms with van der Waals surface area (Å²) in [6, 6.07) is 8.55. The lowest BCUT2D eigenvalue weighted by molar-refractivity contribution is -0.129. The zero-order valence-corrected chi connectivity index (χ0v) is 10.4. The van der Waals surface area contributed by atoms with Crippen LogP contribution in [0.5, 0.6) is 0 Å². The monoisotopic (exact) mass is 229 g/mol. The van der Waals surface area contributed by atoms with Gasteiger partial charge in [-0.2, -0.15) is 0 Å². The van der Waals surface area contributed by atoms with Gasteiger partial charge in [-0.1, -0.05) is 42.0 Å². The van der Waals surface area contributed by atoms with Crippen LogP contribution in [0.1, 0.15) is 24.0 Å². The van der Waals surface area contributed by atoms with Crippen LogP contribution in [0, 0.1) is 6.92 Å². The standard InChI is InChI=1S/C15H19NO/c1-13-7-9-14(10-8-13)5-4-6-15(17)16-11-2-3-12-16/h2-3,7-10H,4-6,11-12H2,1H3. The molecule has 1 amide bonds. The summed E-state index contributed by atoms with van der Waals surface area (Å²) < 4.78 is 0. The lowest BCUT2D eigenvalue weighted by Crippen LogP contribution is -2.27. The second-order valence-electron chi connectivity index (χ2n) is 4.61. The lowest BCUT2D eigenvalue weighted by Gasteiger charge is -2.14. The smallest absolute Gasteiger partial charge is 0.223 e. The van der Waals surface area contributed by atoms with Crippen molar-refractivity contribution < 1.29 is 4.79 Å². The summed E-state index contributed by atoms with van der Waals surface area (Å²) in [5.41, 5.74) is 2.61. The van der Waals surface area contributed by atoms with E-state index in [1.807, 2.05) is 4.90 Å². The summed E-state index contributed by atoms with van der Waals surface area (Å²) in [5, 5.41) is 0. The van der Waals surface area contributed by atoms with Gasteiger partial charge in [0, 0.05) is 19.5 Å². The number of rotatable bonds is 4. The Morgan fingerprint density at radius 2 is 1.82 bits per heavy atom. The fourth-order valence-electron chi connectivity index (χ4n) is 2.04. The number of nitrogens with zero attached hydrogens (tertiary/aromatic N) is 1. The Morgan fingerprint density at radius 3 is 2.47 bits per heavy atom. The first-order chi connectivity index (χ1) is 8.25. The van der Waals surface area contributed by atoms with Gasteiger partial charge in [0.2, 0.25) is 5.91 Å². The van der Waals surface area contributed by atoms with E-state index in [1.54, 1.807) is 0 Å². The lowest BCUT2D eigenvalue weighted by atomic mass is 10.1. The van der Waals surface area contributed by atoms with Gasteiger partial charge < -0.3 is 4.90 Å². The van der Waals surface area contributed by atoms with Gasteiger partial charge in [-0.15, -0.1) is 0 Å². The average Bonchev–Trinajstić information content (AvgIpc) is 2.85. The normalized spacial score (nSPS) is 14.3. The highest BCUT2D eigenvalue weighted by atomic mass is 16.2. The van der Waals surface area contributed by atoms with Crippen LogP contribution in [0.4, 0.5) is 0 Å². The second-order valence-corrected chi connectivity index (χ2v) is 4.61. The van der Waals surface area contributed by atoms with Gasteiger partial charge in [0.15, 0.2) is 0 Å². The molecule has 2 rings (SSSR count). The van der Waals surface area contributed by atoms with Crippen LogP contribution < -0.4 is 0 Å². The van der Waals surface area contributed by atoms with Crippen molar-refractivity contribution in [3.05, 3.63) is 47.5 Å². The van der Waals surface area contributed by atoms with Crippen LogP contribution in [0.15, 0.2) is 36.4 Å². The Balaban J connectivity index is 1.72. The van der Waals surface area contributed by atoms with Crippen molar-refractivity contribution in [2.75, 3.05) is 13.1 Å². The van der Waals surface area contributed by atoms with E-state index in [9.17, 15) is 4.79 Å². The second kappa shape index (κ2) is 5.67. The minimum absolute atomic E-state index is 0.280. The number of hydrogen-bond acceptors (Lipinski definition) is 1. The predicted molar refractivity (Wildman–Crippen MR) is 69.8 cm³/mol. The number of hydrogen-bond donors (Lipinski definition) is 0. The molecule has 0 radical (unpaired) electrons. The van der Waals surface area contributed by atoms with Crippen molar-refractivity contribution in [3.63, 3.8) is 0 Å². The zero-order valence-electron chi connectivity index (χ0n) is 10.4. The van der Waals surface area contributed by atoms with Crippen molar-refractivity contribution in [2.24, 2.45) is 0 Å². The van der Waals surface area contributed by atoms with Gasteiger partial charge in [-0.25, -0.2) is 0 Å². The highest BCUT2D eigenvalue weighted by Crippen LogP contribution is 2.09. The first-order valence-electron chi connectivity index (χ1n) is 6.24. The SMILES string of the molecule is Cc1ccc(CCCC(=O)N2CC=CC2)cc1. The third kappa shape index (κ3) is 3.45. The van der Waals surface area contributed by atoms with Crippen molar-refractivity contribution >= 4 is 5.91 Å². The molecule has 0 unspecified atom stereocenters. The van der Waals surface area contributed by atoms with Gasteiger partial charge in [0.05, 0.1) is 0 Å². The molecule has 0 atom stereocenters. The van der Waals surface area contributed by atoms with Gasteiger partial charge in [0.25, 0.3) is 0 Å². The molecule has 1 aliphatic rings. The third-order valence-electron chi connectivity index (χ3n) is 3.15. The fourth-order valence-corrected chi connectivity index (χ4v) is 2.04. The topological polar surface area (TPSA) is 20.3 Å². The maximum atomic E-state index is 11.8. The fraction of sp³-hybridized carbons (Fsp3) is 0.400. The Morgan fingerprint density at radius 1 is 1.18 bits per heavy atom. The molecule has 0 bridgehead atoms. The van der Waals surface area contributed by atoms with Crippen LogP contribution in [0.25, 0.3) is 0 Å². The molecule has 0 N–H and O–H groups in total. The minimum atomic E-state index is 0.280. The molecule has 1 aliphatic heterocycles. The molecule has 1 heterocycles. The van der Waals surface area contributed by atoms with E-state index in [0.717, 1.165) is 25.9 Å². The third-order valence-corrected chi connectivity index (χ3v) is 3.15. The summed E-state index contributed by atoms with van der Waals surface area (Å²) in [5.74, 6) is 0.280. The summed E-state index contributed by atoms with van der Waals surface area (Å²) in [7, 11) is 0. The summed E-state index contributed by atoms with van der Waals surface area (Å²) in [6.45, 7) is 3.68. The van der Waals surface area contributed by atoms with E-state index in [4.69, 9.17) is 0 Å². The van der Waals surface area contributed by atoms with Crippen molar-refractivity contribution in [1.82, 2.24) is 4.90 Å². The summed E-state index contributed by atoms with van der Waals surface area (Å²) >= 11 is 0. The van der Waals surface area contributed by atoms with E-state index in [1.165, 1.54) is 11.1 Å². The van der Waals surface area contributed by atoms with E-state index in [2.05, 4.69) is 43.3 Å². The highest BCUT2D eigenvalue weighted by molar-refractivity contribution is 5.76. The quantitative estimate of drug-likeness (QED) is 0.727. The number of carbonyl (C=O) groups excluding carboxylic acids is 1. The molecule has 2 heteroatoms. The highest BCUT2D eigenvalue weighted by Gasteiger charge is 2.13. The van der Waals surface area contributed by atoms with Crippen LogP contribution in [-0.4, -0.2) is 23.9 Å². The minimum Gasteiger partial charge on any atom is -0.335 e. The molecule has 0 fully saturated rings. The first-order valence-corrected chi connectivity index (χ1v) is 6.24. The van der Waals surface area contributed by atoms with E-state index in [0.29, 0.717) is 6.42 Å². The van der Waals surface area contributed by atoms with Crippen molar-refractivity contribution in [1.29, 1.82) is 0 Å². The van der Waals surface area contributed by atoms with Crippen molar-refractivity contribution in [2.45, 2.75) is 26.2 Å². The van der Waals surface area contributed by atoms with E-state index < -0.39 is 0 Å². The molecule has 0 saturated carbocycles. The molecule has 1 aromatic rings. The van der Waals surface area contributed by atoms with Crippen LogP contribution in [0.3, 0.4) is 0 Å². The molecule has 0 saturated heterocycles. The maximum Gasteiger partial charge on any atom is 0.223 e. The first kappa shape index (κ1) is 11.9. The molecular weight excluding hydrogens is 210 g/mol. The molecule has 90 valence electrons. The zero-order chi connectivity index (χ0) is 12.1. The summed E-state index contributed by atoms with van der Waals surface area (Å²) in [4.78, 5) is 13.7. The van der Waals surface area contributed by atoms with Crippen LogP contribution >= 0.6 is 0 Å². The summed E-state index contributed by atoms with van der Waals surface area (Å²) in [6.07, 6.45) is 6.71. The van der Waals surface area contributed by atoms with Gasteiger partial charge in [-0.3, -0.25) is 4.79 Å². The molecule has 0 spiro atoms. The van der Waals surface area contributed by atoms with Gasteiger partial charge >= 0.3 is 0 Å². The number of benzene rings is 1. The number of carbonyl (C=O) groups is 1. The molecular formula is C15H19NO. The van der Waals surface area contributed by atoms with E-state index >= 15 is 0 Å². The van der Waals surface area contributed by atoms with Gasteiger partial charge in [0.1, 0.15) is 0 Å². The molecule has 1 aromatic carbocycles. The Hall–Kier alpha value is -1.57.